The molecule has 0 radical (unpaired) electrons. The van der Waals surface area contributed by atoms with Crippen molar-refractivity contribution in [1.29, 1.82) is 0 Å². The lowest BCUT2D eigenvalue weighted by molar-refractivity contribution is -0.159. The van der Waals surface area contributed by atoms with Crippen molar-refractivity contribution in [2.75, 3.05) is 0 Å². The van der Waals surface area contributed by atoms with Gasteiger partial charge in [0, 0.05) is 28.3 Å². The van der Waals surface area contributed by atoms with Crippen LogP contribution < -0.4 is 0 Å². The minimum atomic E-state index is -0.349. The molecule has 27 heavy (non-hydrogen) atoms. The first kappa shape index (κ1) is 18.5. The van der Waals surface area contributed by atoms with Gasteiger partial charge >= 0.3 is 11.9 Å². The van der Waals surface area contributed by atoms with Crippen LogP contribution in [0.5, 0.6) is 0 Å². The molecule has 0 N–H and O–H groups in total. The first-order valence-electron chi connectivity index (χ1n) is 9.66. The summed E-state index contributed by atoms with van der Waals surface area (Å²) in [5.41, 5.74) is 1.17. The number of hydrogen-bond acceptors (Lipinski definition) is 4. The summed E-state index contributed by atoms with van der Waals surface area (Å²) in [7, 11) is 0. The summed E-state index contributed by atoms with van der Waals surface area (Å²) in [4.78, 5) is 24.7. The fourth-order valence-electron chi connectivity index (χ4n) is 5.52. The maximum atomic E-state index is 12.6. The average molecular weight is 389 g/mol. The third-order valence-electron chi connectivity index (χ3n) is 7.01. The molecule has 0 aromatic heterocycles. The maximum Gasteiger partial charge on any atom is 0.338 e. The van der Waals surface area contributed by atoms with Crippen LogP contribution in [0.3, 0.4) is 0 Å². The summed E-state index contributed by atoms with van der Waals surface area (Å²) in [5.74, 6) is -0.234. The number of carbonyl (C=O) groups is 2. The number of rotatable bonds is 2. The van der Waals surface area contributed by atoms with Gasteiger partial charge in [-0.05, 0) is 49.3 Å². The number of hydrogen-bond donors (Lipinski definition) is 0. The highest BCUT2D eigenvalue weighted by molar-refractivity contribution is 6.30. The van der Waals surface area contributed by atoms with Crippen molar-refractivity contribution >= 4 is 23.5 Å². The molecule has 4 nitrogen and oxygen atoms in total. The van der Waals surface area contributed by atoms with Gasteiger partial charge < -0.3 is 9.47 Å². The molecule has 3 aliphatic rings. The Morgan fingerprint density at radius 2 is 2.07 bits per heavy atom. The molecule has 6 atom stereocenters. The van der Waals surface area contributed by atoms with Gasteiger partial charge in [0.15, 0.2) is 0 Å². The fraction of sp³-hybridized carbons (Fsp3) is 0.545. The minimum absolute atomic E-state index is 0.0976. The summed E-state index contributed by atoms with van der Waals surface area (Å²) in [6.07, 6.45) is 3.44. The second-order valence-electron chi connectivity index (χ2n) is 8.57. The SMILES string of the molecule is C=C1C(=O)OC2C1CCC1(C)CCC(OC(=O)c3cccc(Cl)c3)C(C)C21. The van der Waals surface area contributed by atoms with E-state index >= 15 is 0 Å². The van der Waals surface area contributed by atoms with Crippen molar-refractivity contribution < 1.29 is 19.1 Å². The predicted octanol–water partition coefficient (Wildman–Crippen LogP) is 4.81. The standard InChI is InChI=1S/C22H25ClO4/c1-12-16-7-9-22(3)10-8-17(13(2)18(22)19(16)27-20(12)24)26-21(25)14-5-4-6-15(23)11-14/h4-6,11,13,16-19H,1,7-10H2,2-3H3. The lowest BCUT2D eigenvalue weighted by atomic mass is 9.53. The Morgan fingerprint density at radius 1 is 1.33 bits per heavy atom. The number of benzene rings is 1. The summed E-state index contributed by atoms with van der Waals surface area (Å²) < 4.78 is 11.6. The normalized spacial score (nSPS) is 38.0. The largest absolute Gasteiger partial charge is 0.458 e. The van der Waals surface area contributed by atoms with Gasteiger partial charge in [0.1, 0.15) is 12.2 Å². The summed E-state index contributed by atoms with van der Waals surface area (Å²) >= 11 is 5.99. The second-order valence-corrected chi connectivity index (χ2v) is 9.01. The van der Waals surface area contributed by atoms with Crippen molar-refractivity contribution in [3.05, 3.63) is 47.0 Å². The van der Waals surface area contributed by atoms with E-state index in [1.165, 1.54) is 0 Å². The van der Waals surface area contributed by atoms with E-state index in [2.05, 4.69) is 20.4 Å². The Balaban J connectivity index is 1.55. The van der Waals surface area contributed by atoms with Crippen molar-refractivity contribution in [3.63, 3.8) is 0 Å². The lowest BCUT2D eigenvalue weighted by Crippen LogP contribution is -2.53. The topological polar surface area (TPSA) is 52.6 Å². The zero-order valence-electron chi connectivity index (χ0n) is 15.7. The molecule has 5 heteroatoms. The second kappa shape index (κ2) is 6.66. The van der Waals surface area contributed by atoms with Gasteiger partial charge in [-0.25, -0.2) is 9.59 Å². The maximum absolute atomic E-state index is 12.6. The van der Waals surface area contributed by atoms with E-state index < -0.39 is 0 Å². The number of halogens is 1. The van der Waals surface area contributed by atoms with Crippen LogP contribution in [0.25, 0.3) is 0 Å². The molecule has 0 bridgehead atoms. The van der Waals surface area contributed by atoms with Gasteiger partial charge in [-0.3, -0.25) is 0 Å². The summed E-state index contributed by atoms with van der Waals surface area (Å²) in [6.45, 7) is 8.35. The van der Waals surface area contributed by atoms with Gasteiger partial charge in [-0.2, -0.15) is 0 Å². The van der Waals surface area contributed by atoms with E-state index in [-0.39, 0.29) is 47.3 Å². The Kier molecular flexibility index (Phi) is 4.58. The van der Waals surface area contributed by atoms with E-state index in [9.17, 15) is 9.59 Å². The molecule has 0 spiro atoms. The monoisotopic (exact) mass is 388 g/mol. The average Bonchev–Trinajstić information content (AvgIpc) is 2.91. The Hall–Kier alpha value is -1.81. The molecule has 3 fully saturated rings. The van der Waals surface area contributed by atoms with Crippen LogP contribution in [0.2, 0.25) is 5.02 Å². The van der Waals surface area contributed by atoms with Crippen LogP contribution >= 0.6 is 11.6 Å². The highest BCUT2D eigenvalue weighted by atomic mass is 35.5. The number of fused-ring (bicyclic) bond motifs is 3. The molecule has 144 valence electrons. The van der Waals surface area contributed by atoms with Gasteiger partial charge in [0.25, 0.3) is 0 Å². The Morgan fingerprint density at radius 3 is 2.81 bits per heavy atom. The quantitative estimate of drug-likeness (QED) is 0.539. The van der Waals surface area contributed by atoms with Gasteiger partial charge in [-0.15, -0.1) is 0 Å². The van der Waals surface area contributed by atoms with Crippen molar-refractivity contribution in [3.8, 4) is 0 Å². The Labute approximate surface area is 164 Å². The van der Waals surface area contributed by atoms with E-state index in [1.54, 1.807) is 24.3 Å². The van der Waals surface area contributed by atoms with Gasteiger partial charge in [0.05, 0.1) is 5.56 Å². The van der Waals surface area contributed by atoms with Crippen LogP contribution in [0, 0.1) is 23.2 Å². The molecule has 1 aliphatic heterocycles. The van der Waals surface area contributed by atoms with E-state index in [0.29, 0.717) is 16.2 Å². The van der Waals surface area contributed by atoms with Crippen molar-refractivity contribution in [1.82, 2.24) is 0 Å². The molecular formula is C22H25ClO4. The lowest BCUT2D eigenvalue weighted by Gasteiger charge is -2.54. The molecule has 6 unspecified atom stereocenters. The highest BCUT2D eigenvalue weighted by Crippen LogP contribution is 2.58. The minimum Gasteiger partial charge on any atom is -0.458 e. The molecule has 2 saturated carbocycles. The zero-order chi connectivity index (χ0) is 19.3. The van der Waals surface area contributed by atoms with Crippen LogP contribution in [0.15, 0.2) is 36.4 Å². The third kappa shape index (κ3) is 3.08. The van der Waals surface area contributed by atoms with E-state index in [1.807, 2.05) is 0 Å². The van der Waals surface area contributed by atoms with Gasteiger partial charge in [0.2, 0.25) is 0 Å². The summed E-state index contributed by atoms with van der Waals surface area (Å²) in [6, 6.07) is 6.82. The molecule has 1 aromatic rings. The first-order valence-corrected chi connectivity index (χ1v) is 10.0. The van der Waals surface area contributed by atoms with E-state index in [0.717, 1.165) is 25.7 Å². The van der Waals surface area contributed by atoms with Crippen LogP contribution in [0.1, 0.15) is 49.9 Å². The third-order valence-corrected chi connectivity index (χ3v) is 7.24. The van der Waals surface area contributed by atoms with Crippen molar-refractivity contribution in [2.24, 2.45) is 23.2 Å². The van der Waals surface area contributed by atoms with Crippen LogP contribution in [-0.4, -0.2) is 24.1 Å². The zero-order valence-corrected chi connectivity index (χ0v) is 16.5. The fourth-order valence-corrected chi connectivity index (χ4v) is 5.71. The molecule has 1 aromatic carbocycles. The van der Waals surface area contributed by atoms with Crippen molar-refractivity contribution in [2.45, 2.75) is 51.7 Å². The van der Waals surface area contributed by atoms with Crippen LogP contribution in [-0.2, 0) is 14.3 Å². The number of carbonyl (C=O) groups excluding carboxylic acids is 2. The van der Waals surface area contributed by atoms with Crippen LogP contribution in [0.4, 0.5) is 0 Å². The highest BCUT2D eigenvalue weighted by Gasteiger charge is 2.58. The molecule has 0 amide bonds. The smallest absolute Gasteiger partial charge is 0.338 e. The molecule has 4 rings (SSSR count). The number of esters is 2. The number of ether oxygens (including phenoxy) is 2. The van der Waals surface area contributed by atoms with Gasteiger partial charge in [-0.1, -0.05) is 38.1 Å². The molecule has 1 saturated heterocycles. The first-order chi connectivity index (χ1) is 12.8. The summed E-state index contributed by atoms with van der Waals surface area (Å²) in [5, 5.41) is 0.514. The van der Waals surface area contributed by atoms with E-state index in [4.69, 9.17) is 21.1 Å². The Bertz CT molecular complexity index is 803. The predicted molar refractivity (Wildman–Crippen MR) is 102 cm³/mol. The molecule has 1 heterocycles. The molecular weight excluding hydrogens is 364 g/mol. The molecule has 2 aliphatic carbocycles.